The lowest BCUT2D eigenvalue weighted by Crippen LogP contribution is -2.49. The number of hydrogen-bond acceptors (Lipinski definition) is 4. The van der Waals surface area contributed by atoms with E-state index in [4.69, 9.17) is 16.0 Å². The predicted molar refractivity (Wildman–Crippen MR) is 114 cm³/mol. The number of carbonyl (C=O) groups is 1. The molecular weight excluding hydrogens is 444 g/mol. The van der Waals surface area contributed by atoms with Gasteiger partial charge in [-0.25, -0.2) is 4.79 Å². The van der Waals surface area contributed by atoms with Crippen molar-refractivity contribution in [2.45, 2.75) is 6.92 Å². The molecule has 2 aromatic carbocycles. The van der Waals surface area contributed by atoms with Crippen LogP contribution in [0.5, 0.6) is 0 Å². The number of anilines is 1. The highest BCUT2D eigenvalue weighted by Crippen LogP contribution is 2.26. The highest BCUT2D eigenvalue weighted by Gasteiger charge is 2.25. The van der Waals surface area contributed by atoms with Crippen LogP contribution in [0.25, 0.3) is 11.0 Å². The number of rotatable bonds is 2. The van der Waals surface area contributed by atoms with Gasteiger partial charge in [-0.05, 0) is 48.9 Å². The first-order valence-corrected chi connectivity index (χ1v) is 10.1. The van der Waals surface area contributed by atoms with Crippen LogP contribution in [0.4, 0.5) is 5.69 Å². The lowest BCUT2D eigenvalue weighted by molar-refractivity contribution is 0.0742. The monoisotopic (exact) mass is 460 g/mol. The van der Waals surface area contributed by atoms with Crippen LogP contribution in [0, 0.1) is 6.92 Å². The van der Waals surface area contributed by atoms with Gasteiger partial charge in [-0.15, -0.1) is 0 Å². The Hall–Kier alpha value is -2.31. The smallest absolute Gasteiger partial charge is 0.349 e. The summed E-state index contributed by atoms with van der Waals surface area (Å²) >= 11 is 9.53. The molecule has 0 atom stereocenters. The number of benzene rings is 2. The molecule has 1 saturated heterocycles. The molecule has 7 heteroatoms. The van der Waals surface area contributed by atoms with Crippen LogP contribution in [-0.4, -0.2) is 37.0 Å². The highest BCUT2D eigenvalue weighted by molar-refractivity contribution is 9.10. The summed E-state index contributed by atoms with van der Waals surface area (Å²) in [5, 5.41) is 1.41. The zero-order valence-corrected chi connectivity index (χ0v) is 17.6. The normalized spacial score (nSPS) is 14.5. The minimum Gasteiger partial charge on any atom is -0.422 e. The van der Waals surface area contributed by atoms with Crippen LogP contribution >= 0.6 is 27.5 Å². The molecule has 144 valence electrons. The summed E-state index contributed by atoms with van der Waals surface area (Å²) in [6.07, 6.45) is 0. The summed E-state index contributed by atoms with van der Waals surface area (Å²) in [4.78, 5) is 29.2. The molecule has 4 rings (SSSR count). The molecule has 0 saturated carbocycles. The van der Waals surface area contributed by atoms with Gasteiger partial charge in [0, 0.05) is 46.7 Å². The van der Waals surface area contributed by atoms with Crippen molar-refractivity contribution in [3.05, 3.63) is 73.5 Å². The summed E-state index contributed by atoms with van der Waals surface area (Å²) in [5.74, 6) is -0.293. The SMILES string of the molecule is Cc1ccc(Cl)cc1N1CCN(C(=O)c2cc3cc(Br)ccc3oc2=O)CC1. The fourth-order valence-electron chi connectivity index (χ4n) is 3.49. The van der Waals surface area contributed by atoms with Gasteiger partial charge in [-0.2, -0.15) is 0 Å². The minimum atomic E-state index is -0.604. The van der Waals surface area contributed by atoms with Crippen molar-refractivity contribution in [3.8, 4) is 0 Å². The number of amides is 1. The van der Waals surface area contributed by atoms with Crippen LogP contribution in [0.3, 0.4) is 0 Å². The largest absolute Gasteiger partial charge is 0.422 e. The maximum atomic E-state index is 12.9. The molecule has 3 aromatic rings. The van der Waals surface area contributed by atoms with Gasteiger partial charge in [0.15, 0.2) is 0 Å². The van der Waals surface area contributed by atoms with Crippen LogP contribution in [0.2, 0.25) is 5.02 Å². The molecule has 0 radical (unpaired) electrons. The summed E-state index contributed by atoms with van der Waals surface area (Å²) in [6, 6.07) is 12.8. The van der Waals surface area contributed by atoms with E-state index >= 15 is 0 Å². The quantitative estimate of drug-likeness (QED) is 0.528. The summed E-state index contributed by atoms with van der Waals surface area (Å²) in [7, 11) is 0. The molecule has 1 aliphatic heterocycles. The average molecular weight is 462 g/mol. The number of fused-ring (bicyclic) bond motifs is 1. The summed E-state index contributed by atoms with van der Waals surface area (Å²) < 4.78 is 6.19. The van der Waals surface area contributed by atoms with Gasteiger partial charge in [0.25, 0.3) is 5.91 Å². The molecule has 2 heterocycles. The first-order valence-electron chi connectivity index (χ1n) is 8.96. The Labute approximate surface area is 175 Å². The van der Waals surface area contributed by atoms with Gasteiger partial charge < -0.3 is 14.2 Å². The van der Waals surface area contributed by atoms with Crippen molar-refractivity contribution < 1.29 is 9.21 Å². The van der Waals surface area contributed by atoms with Crippen LogP contribution in [0.15, 0.2) is 56.1 Å². The lowest BCUT2D eigenvalue weighted by atomic mass is 10.1. The van der Waals surface area contributed by atoms with E-state index in [1.165, 1.54) is 0 Å². The number of hydrogen-bond donors (Lipinski definition) is 0. The molecule has 1 aliphatic rings. The second-order valence-electron chi connectivity index (χ2n) is 6.84. The number of carbonyl (C=O) groups excluding carboxylic acids is 1. The van der Waals surface area contributed by atoms with Crippen molar-refractivity contribution in [2.75, 3.05) is 31.1 Å². The molecule has 5 nitrogen and oxygen atoms in total. The van der Waals surface area contributed by atoms with Crippen molar-refractivity contribution in [2.24, 2.45) is 0 Å². The van der Waals surface area contributed by atoms with Crippen molar-refractivity contribution in [3.63, 3.8) is 0 Å². The van der Waals surface area contributed by atoms with E-state index in [0.717, 1.165) is 15.7 Å². The Balaban J connectivity index is 1.54. The molecule has 0 spiro atoms. The standard InChI is InChI=1S/C21H18BrClN2O3/c1-13-2-4-16(23)12-18(13)24-6-8-25(9-7-24)20(26)17-11-14-10-15(22)3-5-19(14)28-21(17)27/h2-5,10-12H,6-9H2,1H3. The van der Waals surface area contributed by atoms with Gasteiger partial charge in [-0.3, -0.25) is 4.79 Å². The third-order valence-corrected chi connectivity index (χ3v) is 5.73. The minimum absolute atomic E-state index is 0.0676. The zero-order chi connectivity index (χ0) is 19.8. The van der Waals surface area contributed by atoms with E-state index in [0.29, 0.717) is 42.2 Å². The number of piperazine rings is 1. The molecular formula is C21H18BrClN2O3. The summed E-state index contributed by atoms with van der Waals surface area (Å²) in [5.41, 5.74) is 2.15. The van der Waals surface area contributed by atoms with Crippen molar-refractivity contribution in [1.82, 2.24) is 4.90 Å². The fourth-order valence-corrected chi connectivity index (χ4v) is 4.03. The van der Waals surface area contributed by atoms with Crippen LogP contribution < -0.4 is 10.5 Å². The summed E-state index contributed by atoms with van der Waals surface area (Å²) in [6.45, 7) is 4.46. The maximum Gasteiger partial charge on any atom is 0.349 e. The Bertz CT molecular complexity index is 1120. The van der Waals surface area contributed by atoms with Crippen molar-refractivity contribution >= 4 is 50.1 Å². The molecule has 0 bridgehead atoms. The van der Waals surface area contributed by atoms with Crippen molar-refractivity contribution in [1.29, 1.82) is 0 Å². The maximum absolute atomic E-state index is 12.9. The van der Waals surface area contributed by atoms with E-state index in [9.17, 15) is 9.59 Å². The number of aryl methyl sites for hydroxylation is 1. The second kappa shape index (κ2) is 7.60. The van der Waals surface area contributed by atoms with Gasteiger partial charge in [0.05, 0.1) is 0 Å². The third-order valence-electron chi connectivity index (χ3n) is 5.00. The molecule has 1 fully saturated rings. The highest BCUT2D eigenvalue weighted by atomic mass is 79.9. The lowest BCUT2D eigenvalue weighted by Gasteiger charge is -2.36. The topological polar surface area (TPSA) is 53.8 Å². The fraction of sp³-hybridized carbons (Fsp3) is 0.238. The Morgan fingerprint density at radius 3 is 2.57 bits per heavy atom. The molecule has 0 unspecified atom stereocenters. The zero-order valence-electron chi connectivity index (χ0n) is 15.2. The first-order chi connectivity index (χ1) is 13.4. The van der Waals surface area contributed by atoms with E-state index in [-0.39, 0.29) is 11.5 Å². The van der Waals surface area contributed by atoms with E-state index in [1.807, 2.05) is 31.2 Å². The van der Waals surface area contributed by atoms with E-state index in [2.05, 4.69) is 20.8 Å². The van der Waals surface area contributed by atoms with Gasteiger partial charge in [0.2, 0.25) is 0 Å². The van der Waals surface area contributed by atoms with E-state index < -0.39 is 5.63 Å². The molecule has 1 amide bonds. The molecule has 1 aromatic heterocycles. The third kappa shape index (κ3) is 3.66. The Morgan fingerprint density at radius 2 is 1.82 bits per heavy atom. The van der Waals surface area contributed by atoms with Gasteiger partial charge in [-0.1, -0.05) is 33.6 Å². The first kappa shape index (κ1) is 19.0. The molecule has 28 heavy (non-hydrogen) atoms. The Kier molecular flexibility index (Phi) is 5.17. The van der Waals surface area contributed by atoms with E-state index in [1.54, 1.807) is 23.1 Å². The number of nitrogens with zero attached hydrogens (tertiary/aromatic N) is 2. The second-order valence-corrected chi connectivity index (χ2v) is 8.19. The number of halogens is 2. The Morgan fingerprint density at radius 1 is 1.07 bits per heavy atom. The van der Waals surface area contributed by atoms with Gasteiger partial charge in [0.1, 0.15) is 11.1 Å². The molecule has 0 aliphatic carbocycles. The van der Waals surface area contributed by atoms with Gasteiger partial charge >= 0.3 is 5.63 Å². The predicted octanol–water partition coefficient (Wildman–Crippen LogP) is 4.48. The van der Waals surface area contributed by atoms with Crippen LogP contribution in [-0.2, 0) is 0 Å². The average Bonchev–Trinajstić information content (AvgIpc) is 2.69. The van der Waals surface area contributed by atoms with Crippen LogP contribution in [0.1, 0.15) is 15.9 Å². The molecule has 0 N–H and O–H groups in total.